The summed E-state index contributed by atoms with van der Waals surface area (Å²) in [5.41, 5.74) is 2.01. The van der Waals surface area contributed by atoms with Crippen molar-refractivity contribution in [2.45, 2.75) is 58.9 Å². The van der Waals surface area contributed by atoms with Crippen LogP contribution in [0.15, 0.2) is 18.2 Å². The number of pyridine rings is 1. The van der Waals surface area contributed by atoms with E-state index in [2.05, 4.69) is 29.2 Å². The molecule has 0 bridgehead atoms. The van der Waals surface area contributed by atoms with Crippen LogP contribution in [0.4, 0.5) is 5.95 Å². The molecule has 2 aromatic heterocycles. The molecule has 104 valence electrons. The predicted octanol–water partition coefficient (Wildman–Crippen LogP) is 3.81. The van der Waals surface area contributed by atoms with E-state index in [9.17, 15) is 0 Å². The summed E-state index contributed by atoms with van der Waals surface area (Å²) in [5, 5.41) is 7.88. The van der Waals surface area contributed by atoms with E-state index in [4.69, 9.17) is 0 Å². The van der Waals surface area contributed by atoms with Crippen molar-refractivity contribution in [1.82, 2.24) is 14.6 Å². The molecule has 0 radical (unpaired) electrons. The van der Waals surface area contributed by atoms with Gasteiger partial charge in [-0.3, -0.25) is 0 Å². The lowest BCUT2D eigenvalue weighted by molar-refractivity contribution is 0.591. The Morgan fingerprint density at radius 2 is 2.11 bits per heavy atom. The molecule has 2 heterocycles. The van der Waals surface area contributed by atoms with Gasteiger partial charge in [-0.25, -0.2) is 4.52 Å². The van der Waals surface area contributed by atoms with Crippen LogP contribution in [-0.2, 0) is 0 Å². The SMILES string of the molecule is CCCCCCC(C)Nc1nc2cccc(C)n2n1. The van der Waals surface area contributed by atoms with Crippen molar-refractivity contribution in [3.8, 4) is 0 Å². The van der Waals surface area contributed by atoms with Crippen LogP contribution in [0.5, 0.6) is 0 Å². The Balaban J connectivity index is 1.92. The van der Waals surface area contributed by atoms with Gasteiger partial charge >= 0.3 is 0 Å². The highest BCUT2D eigenvalue weighted by Gasteiger charge is 2.07. The Labute approximate surface area is 115 Å². The van der Waals surface area contributed by atoms with Crippen LogP contribution in [0, 0.1) is 6.92 Å². The molecule has 2 aromatic rings. The monoisotopic (exact) mass is 260 g/mol. The minimum atomic E-state index is 0.426. The molecule has 2 rings (SSSR count). The molecule has 0 saturated carbocycles. The highest BCUT2D eigenvalue weighted by atomic mass is 15.4. The molecule has 0 amide bonds. The van der Waals surface area contributed by atoms with Crippen LogP contribution >= 0.6 is 0 Å². The molecular formula is C15H24N4. The normalized spacial score (nSPS) is 12.8. The fraction of sp³-hybridized carbons (Fsp3) is 0.600. The second kappa shape index (κ2) is 6.55. The van der Waals surface area contributed by atoms with Gasteiger partial charge in [0.15, 0.2) is 5.65 Å². The molecule has 0 aliphatic rings. The van der Waals surface area contributed by atoms with E-state index in [-0.39, 0.29) is 0 Å². The number of nitrogens with zero attached hydrogens (tertiary/aromatic N) is 3. The number of hydrogen-bond donors (Lipinski definition) is 1. The topological polar surface area (TPSA) is 42.2 Å². The van der Waals surface area contributed by atoms with Crippen LogP contribution < -0.4 is 5.32 Å². The highest BCUT2D eigenvalue weighted by molar-refractivity contribution is 5.44. The summed E-state index contributed by atoms with van der Waals surface area (Å²) in [6.07, 6.45) is 6.39. The van der Waals surface area contributed by atoms with E-state index in [1.807, 2.05) is 29.6 Å². The first-order valence-corrected chi connectivity index (χ1v) is 7.29. The first kappa shape index (κ1) is 13.8. The molecule has 1 unspecified atom stereocenters. The minimum absolute atomic E-state index is 0.426. The van der Waals surface area contributed by atoms with Gasteiger partial charge < -0.3 is 5.32 Å². The summed E-state index contributed by atoms with van der Waals surface area (Å²) < 4.78 is 1.88. The van der Waals surface area contributed by atoms with E-state index >= 15 is 0 Å². The van der Waals surface area contributed by atoms with E-state index in [1.165, 1.54) is 32.1 Å². The predicted molar refractivity (Wildman–Crippen MR) is 79.6 cm³/mol. The maximum Gasteiger partial charge on any atom is 0.243 e. The standard InChI is InChI=1S/C15H24N4/c1-4-5-6-7-9-12(2)16-15-17-14-11-8-10-13(3)19(14)18-15/h8,10-12H,4-7,9H2,1-3H3,(H,16,18). The lowest BCUT2D eigenvalue weighted by Crippen LogP contribution is -2.16. The Hall–Kier alpha value is -1.58. The maximum atomic E-state index is 4.50. The number of fused-ring (bicyclic) bond motifs is 1. The van der Waals surface area contributed by atoms with E-state index in [0.717, 1.165) is 17.3 Å². The van der Waals surface area contributed by atoms with Gasteiger partial charge in [0.25, 0.3) is 0 Å². The number of aryl methyl sites for hydroxylation is 1. The van der Waals surface area contributed by atoms with Gasteiger partial charge in [-0.2, -0.15) is 4.98 Å². The third-order valence-corrected chi connectivity index (χ3v) is 3.42. The van der Waals surface area contributed by atoms with Crippen molar-refractivity contribution >= 4 is 11.6 Å². The van der Waals surface area contributed by atoms with Gasteiger partial charge in [-0.1, -0.05) is 38.7 Å². The molecule has 0 saturated heterocycles. The molecule has 19 heavy (non-hydrogen) atoms. The Morgan fingerprint density at radius 1 is 1.26 bits per heavy atom. The van der Waals surface area contributed by atoms with Crippen molar-refractivity contribution < 1.29 is 0 Å². The number of nitrogens with one attached hydrogen (secondary N) is 1. The van der Waals surface area contributed by atoms with Gasteiger partial charge in [0, 0.05) is 11.7 Å². The third-order valence-electron chi connectivity index (χ3n) is 3.42. The van der Waals surface area contributed by atoms with Crippen molar-refractivity contribution in [2.75, 3.05) is 5.32 Å². The molecule has 0 aliphatic carbocycles. The number of anilines is 1. The summed E-state index contributed by atoms with van der Waals surface area (Å²) in [7, 11) is 0. The first-order chi connectivity index (χ1) is 9.20. The van der Waals surface area contributed by atoms with E-state index in [0.29, 0.717) is 6.04 Å². The first-order valence-electron chi connectivity index (χ1n) is 7.29. The molecule has 0 spiro atoms. The van der Waals surface area contributed by atoms with Crippen LogP contribution in [0.3, 0.4) is 0 Å². The largest absolute Gasteiger partial charge is 0.350 e. The number of unbranched alkanes of at least 4 members (excludes halogenated alkanes) is 3. The third kappa shape index (κ3) is 3.69. The average molecular weight is 260 g/mol. The molecular weight excluding hydrogens is 236 g/mol. The average Bonchev–Trinajstić information content (AvgIpc) is 2.79. The van der Waals surface area contributed by atoms with Crippen LogP contribution in [0.1, 0.15) is 51.6 Å². The zero-order valence-corrected chi connectivity index (χ0v) is 12.2. The maximum absolute atomic E-state index is 4.50. The summed E-state index contributed by atoms with van der Waals surface area (Å²) in [6.45, 7) is 6.48. The fourth-order valence-electron chi connectivity index (χ4n) is 2.27. The molecule has 1 N–H and O–H groups in total. The van der Waals surface area contributed by atoms with Gasteiger partial charge in [0.1, 0.15) is 0 Å². The second-order valence-corrected chi connectivity index (χ2v) is 5.27. The fourth-order valence-corrected chi connectivity index (χ4v) is 2.27. The Morgan fingerprint density at radius 3 is 2.84 bits per heavy atom. The van der Waals surface area contributed by atoms with Crippen molar-refractivity contribution in [3.05, 3.63) is 23.9 Å². The highest BCUT2D eigenvalue weighted by Crippen LogP contribution is 2.12. The summed E-state index contributed by atoms with van der Waals surface area (Å²) in [4.78, 5) is 4.50. The summed E-state index contributed by atoms with van der Waals surface area (Å²) in [6, 6.07) is 6.46. The van der Waals surface area contributed by atoms with Crippen molar-refractivity contribution in [1.29, 1.82) is 0 Å². The van der Waals surface area contributed by atoms with Gasteiger partial charge in [-0.05, 0) is 32.4 Å². The number of hydrogen-bond acceptors (Lipinski definition) is 3. The summed E-state index contributed by atoms with van der Waals surface area (Å²) >= 11 is 0. The molecule has 0 aliphatic heterocycles. The van der Waals surface area contributed by atoms with Crippen LogP contribution in [0.2, 0.25) is 0 Å². The minimum Gasteiger partial charge on any atom is -0.350 e. The van der Waals surface area contributed by atoms with E-state index in [1.54, 1.807) is 0 Å². The second-order valence-electron chi connectivity index (χ2n) is 5.27. The van der Waals surface area contributed by atoms with Crippen molar-refractivity contribution in [3.63, 3.8) is 0 Å². The van der Waals surface area contributed by atoms with Gasteiger partial charge in [0.05, 0.1) is 0 Å². The van der Waals surface area contributed by atoms with Crippen molar-refractivity contribution in [2.24, 2.45) is 0 Å². The van der Waals surface area contributed by atoms with Crippen LogP contribution in [0.25, 0.3) is 5.65 Å². The lowest BCUT2D eigenvalue weighted by Gasteiger charge is -2.11. The Kier molecular flexibility index (Phi) is 4.77. The van der Waals surface area contributed by atoms with Gasteiger partial charge in [0.2, 0.25) is 5.95 Å². The molecule has 0 fully saturated rings. The van der Waals surface area contributed by atoms with Crippen LogP contribution in [-0.4, -0.2) is 20.6 Å². The lowest BCUT2D eigenvalue weighted by atomic mass is 10.1. The number of rotatable bonds is 7. The quantitative estimate of drug-likeness (QED) is 0.770. The Bertz CT molecular complexity index is 518. The molecule has 4 heteroatoms. The summed E-state index contributed by atoms with van der Waals surface area (Å²) in [5.74, 6) is 0.734. The zero-order chi connectivity index (χ0) is 13.7. The number of aromatic nitrogens is 3. The molecule has 0 aromatic carbocycles. The molecule has 4 nitrogen and oxygen atoms in total. The molecule has 1 atom stereocenters. The zero-order valence-electron chi connectivity index (χ0n) is 12.2. The smallest absolute Gasteiger partial charge is 0.243 e. The van der Waals surface area contributed by atoms with E-state index < -0.39 is 0 Å². The van der Waals surface area contributed by atoms with Gasteiger partial charge in [-0.15, -0.1) is 5.10 Å².